The van der Waals surface area contributed by atoms with E-state index >= 15 is 0 Å². The molecule has 2 aromatic carbocycles. The van der Waals surface area contributed by atoms with Gasteiger partial charge in [0.05, 0.1) is 25.7 Å². The van der Waals surface area contributed by atoms with E-state index in [9.17, 15) is 30.6 Å². The van der Waals surface area contributed by atoms with Gasteiger partial charge in [0.25, 0.3) is 0 Å². The van der Waals surface area contributed by atoms with Gasteiger partial charge in [0, 0.05) is 12.2 Å². The minimum Gasteiger partial charge on any atom is -0.504 e. The Hall–Kier alpha value is -2.60. The maximum Gasteiger partial charge on any atom is 0.229 e. The smallest absolute Gasteiger partial charge is 0.229 e. The SMILES string of the molecule is COc1cc([C@@H]2Oc3c(O[C@@H]4O[C@@H](C)[C@H](O)[C@@H](O)[C@H]4O)cc(CCCO)cc3[C@H]2CO)ccc1O. The predicted molar refractivity (Wildman–Crippen MR) is 123 cm³/mol. The van der Waals surface area contributed by atoms with E-state index in [0.29, 0.717) is 29.7 Å². The lowest BCUT2D eigenvalue weighted by molar-refractivity contribution is -0.268. The van der Waals surface area contributed by atoms with Crippen molar-refractivity contribution in [3.05, 3.63) is 47.0 Å². The lowest BCUT2D eigenvalue weighted by Crippen LogP contribution is -2.58. The molecule has 192 valence electrons. The maximum absolute atomic E-state index is 10.4. The molecule has 10 heteroatoms. The second-order valence-corrected chi connectivity index (χ2v) is 8.90. The van der Waals surface area contributed by atoms with Gasteiger partial charge >= 0.3 is 0 Å². The molecule has 2 aromatic rings. The van der Waals surface area contributed by atoms with Gasteiger partial charge in [-0.1, -0.05) is 12.1 Å². The standard InChI is InChI=1S/C25H32O10/c1-12-20(29)21(30)22(31)25(33-12)34-19-9-13(4-3-7-26)8-15-16(11-27)23(35-24(15)19)14-5-6-17(28)18(10-14)32-2/h5-6,8-10,12,16,20-23,25-31H,3-4,7,11H2,1-2H3/t12-,16+,20-,21+,22+,23-,25-/m0/s1. The summed E-state index contributed by atoms with van der Waals surface area (Å²) >= 11 is 0. The lowest BCUT2D eigenvalue weighted by atomic mass is 9.90. The number of phenols is 1. The van der Waals surface area contributed by atoms with Gasteiger partial charge in [-0.2, -0.15) is 0 Å². The molecule has 10 nitrogen and oxygen atoms in total. The molecule has 6 N–H and O–H groups in total. The Bertz CT molecular complexity index is 1030. The van der Waals surface area contributed by atoms with Crippen molar-refractivity contribution in [2.45, 2.75) is 62.5 Å². The minimum atomic E-state index is -1.51. The number of methoxy groups -OCH3 is 1. The Morgan fingerprint density at radius 1 is 0.971 bits per heavy atom. The van der Waals surface area contributed by atoms with Crippen molar-refractivity contribution in [2.75, 3.05) is 20.3 Å². The summed E-state index contributed by atoms with van der Waals surface area (Å²) in [6.07, 6.45) is -5.88. The van der Waals surface area contributed by atoms with Crippen molar-refractivity contribution in [3.63, 3.8) is 0 Å². The van der Waals surface area contributed by atoms with E-state index in [1.807, 2.05) is 6.07 Å². The minimum absolute atomic E-state index is 0.00478. The fourth-order valence-electron chi connectivity index (χ4n) is 4.57. The fraction of sp³-hybridized carbons (Fsp3) is 0.520. The summed E-state index contributed by atoms with van der Waals surface area (Å²) in [6.45, 7) is 1.31. The number of aryl methyl sites for hydroxylation is 1. The van der Waals surface area contributed by atoms with E-state index in [0.717, 1.165) is 5.56 Å². The van der Waals surface area contributed by atoms with E-state index in [2.05, 4.69) is 0 Å². The molecule has 7 atom stereocenters. The number of fused-ring (bicyclic) bond motifs is 1. The number of hydrogen-bond acceptors (Lipinski definition) is 10. The zero-order valence-corrected chi connectivity index (χ0v) is 19.6. The van der Waals surface area contributed by atoms with Crippen molar-refractivity contribution < 1.29 is 49.6 Å². The molecule has 0 unspecified atom stereocenters. The van der Waals surface area contributed by atoms with Crippen LogP contribution in [0.3, 0.4) is 0 Å². The van der Waals surface area contributed by atoms with Crippen molar-refractivity contribution in [2.24, 2.45) is 0 Å². The van der Waals surface area contributed by atoms with Crippen LogP contribution in [0.1, 0.15) is 42.1 Å². The number of hydrogen-bond donors (Lipinski definition) is 6. The Morgan fingerprint density at radius 3 is 2.43 bits per heavy atom. The molecule has 0 bridgehead atoms. The number of ether oxygens (including phenoxy) is 4. The number of phenolic OH excluding ortho intramolecular Hbond substituents is 1. The van der Waals surface area contributed by atoms with Gasteiger partial charge in [-0.25, -0.2) is 0 Å². The van der Waals surface area contributed by atoms with E-state index < -0.39 is 42.7 Å². The monoisotopic (exact) mass is 492 g/mol. The zero-order valence-electron chi connectivity index (χ0n) is 19.6. The van der Waals surface area contributed by atoms with Gasteiger partial charge in [0.15, 0.2) is 23.0 Å². The van der Waals surface area contributed by atoms with E-state index in [1.165, 1.54) is 13.2 Å². The van der Waals surface area contributed by atoms with Gasteiger partial charge < -0.3 is 49.6 Å². The van der Waals surface area contributed by atoms with Crippen LogP contribution < -0.4 is 14.2 Å². The topological polar surface area (TPSA) is 158 Å². The summed E-state index contributed by atoms with van der Waals surface area (Å²) in [7, 11) is 1.44. The molecular formula is C25H32O10. The molecule has 4 rings (SSSR count). The molecule has 0 amide bonds. The van der Waals surface area contributed by atoms with Crippen molar-refractivity contribution in [3.8, 4) is 23.0 Å². The molecule has 2 heterocycles. The second-order valence-electron chi connectivity index (χ2n) is 8.90. The van der Waals surface area contributed by atoms with Crippen LogP contribution >= 0.6 is 0 Å². The normalized spacial score (nSPS) is 30.0. The summed E-state index contributed by atoms with van der Waals surface area (Å²) in [5, 5.41) is 60.2. The molecule has 0 saturated carbocycles. The molecule has 1 saturated heterocycles. The third-order valence-electron chi connectivity index (χ3n) is 6.56. The van der Waals surface area contributed by atoms with Gasteiger partial charge in [-0.05, 0) is 49.1 Å². The predicted octanol–water partition coefficient (Wildman–Crippen LogP) is 0.742. The van der Waals surface area contributed by atoms with E-state index in [4.69, 9.17) is 18.9 Å². The lowest BCUT2D eigenvalue weighted by Gasteiger charge is -2.39. The number of rotatable bonds is 8. The Kier molecular flexibility index (Phi) is 7.70. The van der Waals surface area contributed by atoms with E-state index in [1.54, 1.807) is 25.1 Å². The fourth-order valence-corrected chi connectivity index (χ4v) is 4.57. The molecule has 2 aliphatic rings. The van der Waals surface area contributed by atoms with Gasteiger partial charge in [0.1, 0.15) is 24.4 Å². The zero-order chi connectivity index (χ0) is 25.3. The molecule has 2 aliphatic heterocycles. The van der Waals surface area contributed by atoms with Crippen molar-refractivity contribution in [1.29, 1.82) is 0 Å². The Morgan fingerprint density at radius 2 is 1.74 bits per heavy atom. The average molecular weight is 493 g/mol. The molecule has 0 radical (unpaired) electrons. The van der Waals surface area contributed by atoms with E-state index in [-0.39, 0.29) is 30.5 Å². The van der Waals surface area contributed by atoms with Crippen molar-refractivity contribution in [1.82, 2.24) is 0 Å². The van der Waals surface area contributed by atoms with Crippen LogP contribution in [0.25, 0.3) is 0 Å². The number of benzene rings is 2. The highest BCUT2D eigenvalue weighted by atomic mass is 16.7. The maximum atomic E-state index is 10.4. The van der Waals surface area contributed by atoms with Crippen LogP contribution in [0.2, 0.25) is 0 Å². The average Bonchev–Trinajstić information content (AvgIpc) is 3.23. The van der Waals surface area contributed by atoms with Crippen LogP contribution in [0.15, 0.2) is 30.3 Å². The highest BCUT2D eigenvalue weighted by Gasteiger charge is 2.44. The van der Waals surface area contributed by atoms with Gasteiger partial charge in [-0.3, -0.25) is 0 Å². The van der Waals surface area contributed by atoms with Crippen LogP contribution in [0.5, 0.6) is 23.0 Å². The highest BCUT2D eigenvalue weighted by Crippen LogP contribution is 2.52. The summed E-state index contributed by atoms with van der Waals surface area (Å²) in [6, 6.07) is 8.39. The molecule has 0 spiro atoms. The Balaban J connectivity index is 1.71. The number of aliphatic hydroxyl groups is 5. The highest BCUT2D eigenvalue weighted by molar-refractivity contribution is 5.56. The molecule has 1 fully saturated rings. The van der Waals surface area contributed by atoms with Crippen LogP contribution in [-0.4, -0.2) is 81.7 Å². The van der Waals surface area contributed by atoms with Crippen molar-refractivity contribution >= 4 is 0 Å². The first-order chi connectivity index (χ1) is 16.8. The quantitative estimate of drug-likeness (QED) is 0.310. The van der Waals surface area contributed by atoms with Crippen LogP contribution in [-0.2, 0) is 11.2 Å². The molecule has 0 aromatic heterocycles. The molecule has 35 heavy (non-hydrogen) atoms. The molecular weight excluding hydrogens is 460 g/mol. The first kappa shape index (κ1) is 25.5. The van der Waals surface area contributed by atoms with Gasteiger partial charge in [0.2, 0.25) is 6.29 Å². The summed E-state index contributed by atoms with van der Waals surface area (Å²) in [5.74, 6) is 0.346. The van der Waals surface area contributed by atoms with Crippen LogP contribution in [0, 0.1) is 0 Å². The van der Waals surface area contributed by atoms with Gasteiger partial charge in [-0.15, -0.1) is 0 Å². The molecule has 0 aliphatic carbocycles. The first-order valence-corrected chi connectivity index (χ1v) is 11.6. The summed E-state index contributed by atoms with van der Waals surface area (Å²) in [4.78, 5) is 0. The number of aromatic hydroxyl groups is 1. The second kappa shape index (κ2) is 10.6. The first-order valence-electron chi connectivity index (χ1n) is 11.6. The summed E-state index contributed by atoms with van der Waals surface area (Å²) in [5.41, 5.74) is 2.16. The largest absolute Gasteiger partial charge is 0.504 e. The van der Waals surface area contributed by atoms with Crippen LogP contribution in [0.4, 0.5) is 0 Å². The number of aliphatic hydroxyl groups excluding tert-OH is 5. The Labute approximate surface area is 202 Å². The third-order valence-corrected chi connectivity index (χ3v) is 6.56. The summed E-state index contributed by atoms with van der Waals surface area (Å²) < 4.78 is 23.1. The third kappa shape index (κ3) is 4.90.